The summed E-state index contributed by atoms with van der Waals surface area (Å²) in [6.45, 7) is 7.59. The van der Waals surface area contributed by atoms with Gasteiger partial charge in [0.05, 0.1) is 13.1 Å². The number of fused-ring (bicyclic) bond motifs is 1. The van der Waals surface area contributed by atoms with E-state index in [-0.39, 0.29) is 11.9 Å². The van der Waals surface area contributed by atoms with E-state index in [4.69, 9.17) is 9.47 Å². The molecule has 2 heterocycles. The molecule has 1 aromatic rings. The van der Waals surface area contributed by atoms with E-state index in [1.54, 1.807) is 0 Å². The average Bonchev–Trinajstić information content (AvgIpc) is 2.55. The summed E-state index contributed by atoms with van der Waals surface area (Å²) in [5.74, 6) is 2.31. The fraction of sp³-hybridized carbons (Fsp3) is 0.588. The third-order valence-corrected chi connectivity index (χ3v) is 4.73. The molecule has 2 aliphatic heterocycles. The maximum absolute atomic E-state index is 12.5. The van der Waals surface area contributed by atoms with E-state index in [1.165, 1.54) is 17.7 Å². The summed E-state index contributed by atoms with van der Waals surface area (Å²) in [6, 6.07) is 5.53. The van der Waals surface area contributed by atoms with Gasteiger partial charge in [0.15, 0.2) is 17.5 Å². The first kappa shape index (κ1) is 15.2. The van der Waals surface area contributed by atoms with Crippen LogP contribution in [0, 0.1) is 5.92 Å². The molecule has 5 heteroatoms. The van der Waals surface area contributed by atoms with Gasteiger partial charge >= 0.3 is 0 Å². The molecule has 0 spiro atoms. The van der Waals surface area contributed by atoms with Gasteiger partial charge in [-0.25, -0.2) is 0 Å². The minimum atomic E-state index is -0.0271. The normalized spacial score (nSPS) is 25.4. The number of hydrogen-bond donors (Lipinski definition) is 2. The molecule has 0 radical (unpaired) electrons. The van der Waals surface area contributed by atoms with Crippen LogP contribution in [-0.4, -0.2) is 38.3 Å². The standard InChI is InChI=1S/C17H24N2O3/c1-12-5-7-19(8-6-12)13(2)17(20)18-14-3-4-15-16(11-14)22-10-9-21-15/h3-4,11-13H,5-10H2,1-2H3,(H,18,20)/p+1/t13-/m1/s1. The predicted molar refractivity (Wildman–Crippen MR) is 84.6 cm³/mol. The van der Waals surface area contributed by atoms with E-state index in [9.17, 15) is 4.79 Å². The first-order chi connectivity index (χ1) is 10.6. The van der Waals surface area contributed by atoms with Gasteiger partial charge in [0.1, 0.15) is 13.2 Å². The molecule has 5 nitrogen and oxygen atoms in total. The van der Waals surface area contributed by atoms with Crippen molar-refractivity contribution in [2.75, 3.05) is 31.6 Å². The summed E-state index contributed by atoms with van der Waals surface area (Å²) in [7, 11) is 0. The summed E-state index contributed by atoms with van der Waals surface area (Å²) < 4.78 is 11.0. The summed E-state index contributed by atoms with van der Waals surface area (Å²) in [6.07, 6.45) is 2.41. The van der Waals surface area contributed by atoms with Crippen LogP contribution in [0.15, 0.2) is 18.2 Å². The number of ether oxygens (including phenoxy) is 2. The summed E-state index contributed by atoms with van der Waals surface area (Å²) in [5, 5.41) is 3.00. The maximum atomic E-state index is 12.5. The minimum Gasteiger partial charge on any atom is -0.486 e. The van der Waals surface area contributed by atoms with Gasteiger partial charge in [-0.1, -0.05) is 6.92 Å². The van der Waals surface area contributed by atoms with Crippen molar-refractivity contribution in [3.05, 3.63) is 18.2 Å². The molecule has 2 aliphatic rings. The topological polar surface area (TPSA) is 52.0 Å². The number of quaternary nitrogens is 1. The molecule has 1 atom stereocenters. The smallest absolute Gasteiger partial charge is 0.282 e. The number of amides is 1. The first-order valence-electron chi connectivity index (χ1n) is 8.18. The number of rotatable bonds is 3. The quantitative estimate of drug-likeness (QED) is 0.879. The highest BCUT2D eigenvalue weighted by molar-refractivity contribution is 5.93. The van der Waals surface area contributed by atoms with Crippen LogP contribution in [0.3, 0.4) is 0 Å². The fourth-order valence-corrected chi connectivity index (χ4v) is 3.12. The molecule has 120 valence electrons. The number of piperidine rings is 1. The van der Waals surface area contributed by atoms with Gasteiger partial charge in [-0.05, 0) is 37.8 Å². The van der Waals surface area contributed by atoms with Crippen LogP contribution in [0.2, 0.25) is 0 Å². The predicted octanol–water partition coefficient (Wildman–Crippen LogP) is 1.10. The van der Waals surface area contributed by atoms with E-state index in [2.05, 4.69) is 12.2 Å². The van der Waals surface area contributed by atoms with Crippen LogP contribution in [-0.2, 0) is 4.79 Å². The number of nitrogens with one attached hydrogen (secondary N) is 2. The average molecular weight is 305 g/mol. The van der Waals surface area contributed by atoms with Crippen molar-refractivity contribution in [3.8, 4) is 11.5 Å². The Morgan fingerprint density at radius 1 is 1.23 bits per heavy atom. The Morgan fingerprint density at radius 2 is 1.91 bits per heavy atom. The lowest BCUT2D eigenvalue weighted by molar-refractivity contribution is -0.919. The lowest BCUT2D eigenvalue weighted by Gasteiger charge is -2.31. The molecule has 2 N–H and O–H groups in total. The van der Waals surface area contributed by atoms with Crippen molar-refractivity contribution in [3.63, 3.8) is 0 Å². The van der Waals surface area contributed by atoms with Gasteiger partial charge in [0.2, 0.25) is 0 Å². The molecule has 1 aromatic carbocycles. The van der Waals surface area contributed by atoms with Crippen LogP contribution in [0.25, 0.3) is 0 Å². The molecular weight excluding hydrogens is 280 g/mol. The highest BCUT2D eigenvalue weighted by Crippen LogP contribution is 2.32. The van der Waals surface area contributed by atoms with Gasteiger partial charge < -0.3 is 19.7 Å². The van der Waals surface area contributed by atoms with E-state index in [0.717, 1.165) is 30.4 Å². The Hall–Kier alpha value is -1.75. The van der Waals surface area contributed by atoms with E-state index >= 15 is 0 Å². The molecule has 0 aliphatic carbocycles. The Morgan fingerprint density at radius 3 is 2.64 bits per heavy atom. The Labute approximate surface area is 131 Å². The Kier molecular flexibility index (Phi) is 4.52. The number of hydrogen-bond acceptors (Lipinski definition) is 3. The molecular formula is C17H25N2O3+. The third-order valence-electron chi connectivity index (χ3n) is 4.73. The fourth-order valence-electron chi connectivity index (χ4n) is 3.12. The number of carbonyl (C=O) groups is 1. The molecule has 0 aromatic heterocycles. The first-order valence-corrected chi connectivity index (χ1v) is 8.18. The zero-order valence-electron chi connectivity index (χ0n) is 13.4. The van der Waals surface area contributed by atoms with Crippen LogP contribution < -0.4 is 19.7 Å². The highest BCUT2D eigenvalue weighted by Gasteiger charge is 2.28. The summed E-state index contributed by atoms with van der Waals surface area (Å²) in [5.41, 5.74) is 0.769. The second-order valence-electron chi connectivity index (χ2n) is 6.41. The zero-order chi connectivity index (χ0) is 15.5. The second-order valence-corrected chi connectivity index (χ2v) is 6.41. The number of benzene rings is 1. The lowest BCUT2D eigenvalue weighted by Crippen LogP contribution is -3.17. The molecule has 3 rings (SSSR count). The number of anilines is 1. The Balaban J connectivity index is 1.61. The monoisotopic (exact) mass is 305 g/mol. The van der Waals surface area contributed by atoms with E-state index in [1.807, 2.05) is 25.1 Å². The van der Waals surface area contributed by atoms with E-state index < -0.39 is 0 Å². The SMILES string of the molecule is CC1CC[NH+]([C@H](C)C(=O)Nc2ccc3c(c2)OCCO3)CC1. The molecule has 0 unspecified atom stereocenters. The third kappa shape index (κ3) is 3.35. The van der Waals surface area contributed by atoms with Crippen LogP contribution >= 0.6 is 0 Å². The largest absolute Gasteiger partial charge is 0.486 e. The van der Waals surface area contributed by atoms with Crippen molar-refractivity contribution in [1.82, 2.24) is 0 Å². The van der Waals surface area contributed by atoms with Crippen LogP contribution in [0.5, 0.6) is 11.5 Å². The van der Waals surface area contributed by atoms with Crippen molar-refractivity contribution in [1.29, 1.82) is 0 Å². The van der Waals surface area contributed by atoms with Crippen molar-refractivity contribution >= 4 is 11.6 Å². The van der Waals surface area contributed by atoms with Crippen molar-refractivity contribution < 1.29 is 19.2 Å². The molecule has 1 fully saturated rings. The zero-order valence-corrected chi connectivity index (χ0v) is 13.4. The van der Waals surface area contributed by atoms with Gasteiger partial charge in [-0.2, -0.15) is 0 Å². The van der Waals surface area contributed by atoms with E-state index in [0.29, 0.717) is 19.0 Å². The van der Waals surface area contributed by atoms with Crippen LogP contribution in [0.1, 0.15) is 26.7 Å². The molecule has 22 heavy (non-hydrogen) atoms. The molecule has 0 bridgehead atoms. The highest BCUT2D eigenvalue weighted by atomic mass is 16.6. The minimum absolute atomic E-state index is 0.0271. The van der Waals surface area contributed by atoms with Gasteiger partial charge in [-0.3, -0.25) is 4.79 Å². The lowest BCUT2D eigenvalue weighted by atomic mass is 9.98. The number of carbonyl (C=O) groups excluding carboxylic acids is 1. The molecule has 1 amide bonds. The van der Waals surface area contributed by atoms with Crippen molar-refractivity contribution in [2.24, 2.45) is 5.92 Å². The summed E-state index contributed by atoms with van der Waals surface area (Å²) >= 11 is 0. The molecule has 1 saturated heterocycles. The van der Waals surface area contributed by atoms with Gasteiger partial charge in [0, 0.05) is 11.8 Å². The summed E-state index contributed by atoms with van der Waals surface area (Å²) in [4.78, 5) is 13.8. The maximum Gasteiger partial charge on any atom is 0.282 e. The Bertz CT molecular complexity index is 539. The number of likely N-dealkylation sites (tertiary alicyclic amines) is 1. The molecule has 0 saturated carbocycles. The van der Waals surface area contributed by atoms with Gasteiger partial charge in [0.25, 0.3) is 5.91 Å². The van der Waals surface area contributed by atoms with Crippen molar-refractivity contribution in [2.45, 2.75) is 32.7 Å². The van der Waals surface area contributed by atoms with Crippen LogP contribution in [0.4, 0.5) is 5.69 Å². The van der Waals surface area contributed by atoms with Gasteiger partial charge in [-0.15, -0.1) is 0 Å². The second kappa shape index (κ2) is 6.57.